The SMILES string of the molecule is c1ccc(-c2cccc(-c3ccc(-n4c5ccccc5c5ccc(-c6ccc7c8ccccc8n(-c8cccc(-c9ccccc9)c8)c7c6)cc54)cc3)c2)cc1.c1ccc(-n2c3ccccc3c3c(-c4ccccc4-c4ccc5c(c4)c4ccccc4n5-c4ccc5sc6ccccc6c5c4)cccc32)cc1. The van der Waals surface area contributed by atoms with Gasteiger partial charge in [0.25, 0.3) is 0 Å². The van der Waals surface area contributed by atoms with Gasteiger partial charge in [-0.1, -0.05) is 279 Å². The predicted octanol–water partition coefficient (Wildman–Crippen LogP) is 28.1. The molecule has 0 N–H and O–H groups in total. The second kappa shape index (κ2) is 25.5. The molecule has 0 unspecified atom stereocenters. The molecule has 22 rings (SSSR count). The second-order valence-corrected chi connectivity index (χ2v) is 29.0. The highest BCUT2D eigenvalue weighted by molar-refractivity contribution is 7.25. The van der Waals surface area contributed by atoms with Crippen molar-refractivity contribution in [3.8, 4) is 89.5 Å². The van der Waals surface area contributed by atoms with Gasteiger partial charge < -0.3 is 18.3 Å². The zero-order chi connectivity index (χ0) is 70.5. The summed E-state index contributed by atoms with van der Waals surface area (Å²) in [5.41, 5.74) is 28.9. The van der Waals surface area contributed by atoms with E-state index in [1.807, 2.05) is 11.3 Å². The van der Waals surface area contributed by atoms with Crippen LogP contribution < -0.4 is 0 Å². The van der Waals surface area contributed by atoms with Crippen molar-refractivity contribution in [3.05, 3.63) is 400 Å². The van der Waals surface area contributed by atoms with Crippen molar-refractivity contribution in [1.29, 1.82) is 0 Å². The molecule has 0 atom stereocenters. The largest absolute Gasteiger partial charge is 0.309 e. The fraction of sp³-hybridized carbons (Fsp3) is 0. The number of aromatic nitrogens is 4. The summed E-state index contributed by atoms with van der Waals surface area (Å²) >= 11 is 1.86. The van der Waals surface area contributed by atoms with E-state index in [2.05, 4.69) is 419 Å². The van der Waals surface area contributed by atoms with Crippen LogP contribution in [0.15, 0.2) is 400 Å². The molecule has 0 radical (unpaired) electrons. The van der Waals surface area contributed by atoms with Crippen LogP contribution in [-0.4, -0.2) is 18.3 Å². The van der Waals surface area contributed by atoms with Gasteiger partial charge in [-0.2, -0.15) is 0 Å². The van der Waals surface area contributed by atoms with Crippen LogP contribution in [0.25, 0.3) is 197 Å². The first-order valence-electron chi connectivity index (χ1n) is 36.7. The van der Waals surface area contributed by atoms with Crippen LogP contribution in [-0.2, 0) is 0 Å². The minimum atomic E-state index is 1.14. The van der Waals surface area contributed by atoms with Crippen LogP contribution in [0.2, 0.25) is 0 Å². The molecule has 0 spiro atoms. The third-order valence-corrected chi connectivity index (χ3v) is 23.0. The van der Waals surface area contributed by atoms with Crippen LogP contribution >= 0.6 is 11.3 Å². The Kier molecular flexibility index (Phi) is 14.8. The molecule has 0 saturated heterocycles. The molecule has 0 aliphatic carbocycles. The molecule has 107 heavy (non-hydrogen) atoms. The van der Waals surface area contributed by atoms with Gasteiger partial charge in [-0.3, -0.25) is 0 Å². The Morgan fingerprint density at radius 1 is 0.150 bits per heavy atom. The maximum absolute atomic E-state index is 2.44. The Bertz CT molecular complexity index is 7230. The van der Waals surface area contributed by atoms with Gasteiger partial charge in [-0.05, 0) is 188 Å². The molecule has 500 valence electrons. The summed E-state index contributed by atoms with van der Waals surface area (Å²) in [5.74, 6) is 0. The topological polar surface area (TPSA) is 19.7 Å². The van der Waals surface area contributed by atoms with Crippen LogP contribution in [0.4, 0.5) is 0 Å². The van der Waals surface area contributed by atoms with E-state index in [1.165, 1.54) is 186 Å². The van der Waals surface area contributed by atoms with Crippen LogP contribution in [0.1, 0.15) is 0 Å². The summed E-state index contributed by atoms with van der Waals surface area (Å²) in [6, 6.07) is 146. The average Bonchev–Trinajstić information content (AvgIpc) is 1.59. The number of para-hydroxylation sites is 5. The van der Waals surface area contributed by atoms with Gasteiger partial charge in [0.1, 0.15) is 0 Å². The molecular weight excluding hydrogens is 1310 g/mol. The molecule has 0 amide bonds. The monoisotopic (exact) mass is 1380 g/mol. The highest BCUT2D eigenvalue weighted by Gasteiger charge is 2.22. The summed E-state index contributed by atoms with van der Waals surface area (Å²) in [6.07, 6.45) is 0. The summed E-state index contributed by atoms with van der Waals surface area (Å²) in [4.78, 5) is 0. The highest BCUT2D eigenvalue weighted by Crippen LogP contribution is 2.46. The lowest BCUT2D eigenvalue weighted by Crippen LogP contribution is -1.95. The van der Waals surface area contributed by atoms with Crippen molar-refractivity contribution in [2.24, 2.45) is 0 Å². The van der Waals surface area contributed by atoms with E-state index in [-0.39, 0.29) is 0 Å². The number of hydrogen-bond acceptors (Lipinski definition) is 1. The number of benzene rings is 17. The summed E-state index contributed by atoms with van der Waals surface area (Å²) < 4.78 is 12.3. The first kappa shape index (κ1) is 61.8. The zero-order valence-electron chi connectivity index (χ0n) is 58.3. The molecule has 0 aliphatic rings. The quantitative estimate of drug-likeness (QED) is 0.130. The van der Waals surface area contributed by atoms with Gasteiger partial charge in [0, 0.05) is 86.0 Å². The molecule has 22 aromatic rings. The molecule has 5 heterocycles. The number of nitrogens with zero attached hydrogens (tertiary/aromatic N) is 4. The van der Waals surface area contributed by atoms with E-state index in [9.17, 15) is 0 Å². The molecule has 0 saturated carbocycles. The summed E-state index contributed by atoms with van der Waals surface area (Å²) in [7, 11) is 0. The van der Waals surface area contributed by atoms with Gasteiger partial charge >= 0.3 is 0 Å². The zero-order valence-corrected chi connectivity index (χ0v) is 59.1. The molecule has 4 nitrogen and oxygen atoms in total. The number of hydrogen-bond donors (Lipinski definition) is 0. The van der Waals surface area contributed by atoms with Crippen molar-refractivity contribution in [2.75, 3.05) is 0 Å². The van der Waals surface area contributed by atoms with E-state index in [0.717, 1.165) is 11.4 Å². The number of rotatable bonds is 10. The molecule has 0 fully saturated rings. The van der Waals surface area contributed by atoms with Gasteiger partial charge in [0.15, 0.2) is 0 Å². The van der Waals surface area contributed by atoms with Gasteiger partial charge in [0.05, 0.1) is 44.1 Å². The van der Waals surface area contributed by atoms with E-state index >= 15 is 0 Å². The maximum atomic E-state index is 2.44. The first-order chi connectivity index (χ1) is 53.1. The molecule has 5 heteroatoms. The normalized spacial score (nSPS) is 11.7. The summed E-state index contributed by atoms with van der Waals surface area (Å²) in [6.45, 7) is 0. The van der Waals surface area contributed by atoms with Crippen molar-refractivity contribution >= 4 is 119 Å². The highest BCUT2D eigenvalue weighted by atomic mass is 32.1. The molecular formula is C102H66N4S. The third kappa shape index (κ3) is 10.4. The average molecular weight is 1380 g/mol. The van der Waals surface area contributed by atoms with Crippen molar-refractivity contribution in [1.82, 2.24) is 18.3 Å². The van der Waals surface area contributed by atoms with Gasteiger partial charge in [-0.25, -0.2) is 0 Å². The lowest BCUT2D eigenvalue weighted by Gasteiger charge is -2.13. The van der Waals surface area contributed by atoms with Crippen LogP contribution in [0.3, 0.4) is 0 Å². The lowest BCUT2D eigenvalue weighted by atomic mass is 9.91. The van der Waals surface area contributed by atoms with Crippen molar-refractivity contribution in [3.63, 3.8) is 0 Å². The van der Waals surface area contributed by atoms with Gasteiger partial charge in [-0.15, -0.1) is 11.3 Å². The third-order valence-electron chi connectivity index (χ3n) is 21.9. The van der Waals surface area contributed by atoms with Crippen molar-refractivity contribution in [2.45, 2.75) is 0 Å². The Morgan fingerprint density at radius 2 is 0.514 bits per heavy atom. The Hall–Kier alpha value is -13.8. The number of fused-ring (bicyclic) bond motifs is 15. The second-order valence-electron chi connectivity index (χ2n) is 27.9. The Morgan fingerprint density at radius 3 is 1.16 bits per heavy atom. The number of thiophene rings is 1. The smallest absolute Gasteiger partial charge is 0.0547 e. The predicted molar refractivity (Wildman–Crippen MR) is 456 cm³/mol. The van der Waals surface area contributed by atoms with E-state index < -0.39 is 0 Å². The van der Waals surface area contributed by atoms with E-state index in [0.29, 0.717) is 0 Å². The molecule has 5 aromatic heterocycles. The Balaban J connectivity index is 0.000000138. The standard InChI is InChI=1S/C54H36N2.C48H30N2S/c1-3-13-37(14-4-1)40-17-11-18-41(33-40)39-25-29-45(30-26-39)55-51-23-9-7-21-47(51)49-31-27-43(35-53(49)55)44-28-32-50-48-22-8-10-24-52(48)56(54(50)36-44)46-20-12-19-42(34-46)38-15-5-2-6-16-38;1-2-13-32(14-3-1)49-43-22-10-7-19-39(43)48-38(20-12-23-45(48)49)35-16-5-4-15-34(35)31-25-27-44-40(29-31)36-17-6-9-21-42(36)50(44)33-26-28-47-41(30-33)37-18-8-11-24-46(37)51-47/h1-36H;1-30H. The van der Waals surface area contributed by atoms with E-state index in [4.69, 9.17) is 0 Å². The fourth-order valence-electron chi connectivity index (χ4n) is 17.0. The minimum absolute atomic E-state index is 1.14. The van der Waals surface area contributed by atoms with Crippen LogP contribution in [0, 0.1) is 0 Å². The minimum Gasteiger partial charge on any atom is -0.309 e. The van der Waals surface area contributed by atoms with E-state index in [1.54, 1.807) is 0 Å². The van der Waals surface area contributed by atoms with Crippen LogP contribution in [0.5, 0.6) is 0 Å². The van der Waals surface area contributed by atoms with Gasteiger partial charge in [0.2, 0.25) is 0 Å². The molecule has 0 bridgehead atoms. The molecule has 0 aliphatic heterocycles. The van der Waals surface area contributed by atoms with Crippen molar-refractivity contribution < 1.29 is 0 Å². The Labute approximate surface area is 622 Å². The molecule has 17 aromatic carbocycles. The first-order valence-corrected chi connectivity index (χ1v) is 37.5. The summed E-state index contributed by atoms with van der Waals surface area (Å²) in [5, 5.41) is 12.7. The maximum Gasteiger partial charge on any atom is 0.0547 e. The fourth-order valence-corrected chi connectivity index (χ4v) is 18.1. The lowest BCUT2D eigenvalue weighted by molar-refractivity contribution is 1.18.